The molecule has 0 saturated heterocycles. The van der Waals surface area contributed by atoms with Crippen molar-refractivity contribution in [2.45, 2.75) is 20.5 Å². The first-order chi connectivity index (χ1) is 12.2. The quantitative estimate of drug-likeness (QED) is 0.507. The first kappa shape index (κ1) is 19.4. The molecule has 0 bridgehead atoms. The highest BCUT2D eigenvalue weighted by molar-refractivity contribution is 8.02. The largest absolute Gasteiger partial charge is 0.382 e. The molecular formula is C18H24N4O2S. The minimum Gasteiger partial charge on any atom is -0.382 e. The Labute approximate surface area is 152 Å². The van der Waals surface area contributed by atoms with E-state index in [0.717, 1.165) is 27.7 Å². The Morgan fingerprint density at radius 1 is 1.36 bits per heavy atom. The van der Waals surface area contributed by atoms with Gasteiger partial charge in [0.25, 0.3) is 0 Å². The number of allylic oxidation sites excluding steroid dienone is 1. The van der Waals surface area contributed by atoms with E-state index in [2.05, 4.69) is 21.4 Å². The summed E-state index contributed by atoms with van der Waals surface area (Å²) in [5, 5.41) is 9.43. The predicted octanol–water partition coefficient (Wildman–Crippen LogP) is 3.38. The molecule has 0 atom stereocenters. The molecule has 2 aromatic rings. The van der Waals surface area contributed by atoms with Gasteiger partial charge in [-0.05, 0) is 37.8 Å². The number of hydrogen-bond donors (Lipinski definition) is 0. The van der Waals surface area contributed by atoms with E-state index in [9.17, 15) is 0 Å². The number of ether oxygens (including phenoxy) is 2. The Morgan fingerprint density at radius 3 is 2.92 bits per heavy atom. The molecule has 0 fully saturated rings. The molecule has 7 heteroatoms. The number of nitrogens with zero attached hydrogens (tertiary/aromatic N) is 4. The summed E-state index contributed by atoms with van der Waals surface area (Å²) in [4.78, 5) is 4.43. The maximum atomic E-state index is 5.58. The van der Waals surface area contributed by atoms with Crippen LogP contribution in [0.1, 0.15) is 23.9 Å². The molecule has 0 aliphatic heterocycles. The molecular weight excluding hydrogens is 336 g/mol. The van der Waals surface area contributed by atoms with Crippen molar-refractivity contribution >= 4 is 18.0 Å². The topological polar surface area (TPSA) is 61.5 Å². The second kappa shape index (κ2) is 10.1. The normalized spacial score (nSPS) is 12.2. The summed E-state index contributed by atoms with van der Waals surface area (Å²) in [6.45, 7) is 5.66. The predicted molar refractivity (Wildman–Crippen MR) is 102 cm³/mol. The molecule has 0 spiro atoms. The van der Waals surface area contributed by atoms with Crippen molar-refractivity contribution in [3.05, 3.63) is 52.3 Å². The van der Waals surface area contributed by atoms with Crippen molar-refractivity contribution in [2.75, 3.05) is 26.6 Å². The second-order valence-electron chi connectivity index (χ2n) is 5.28. The molecule has 0 aliphatic rings. The lowest BCUT2D eigenvalue weighted by Gasteiger charge is -2.07. The number of aromatic nitrogens is 3. The highest BCUT2D eigenvalue weighted by Crippen LogP contribution is 2.16. The monoisotopic (exact) mass is 360 g/mol. The van der Waals surface area contributed by atoms with Crippen molar-refractivity contribution < 1.29 is 9.47 Å². The SMILES string of the molecule is CC=C(N=Cc1nnn(-c2cccc(COCCOC)c2)c1C)SC. The van der Waals surface area contributed by atoms with Gasteiger partial charge in [-0.3, -0.25) is 0 Å². The minimum absolute atomic E-state index is 0.539. The number of benzene rings is 1. The third-order valence-electron chi connectivity index (χ3n) is 3.56. The average molecular weight is 360 g/mol. The van der Waals surface area contributed by atoms with Crippen LogP contribution in [-0.4, -0.2) is 47.8 Å². The van der Waals surface area contributed by atoms with Crippen LogP contribution in [-0.2, 0) is 16.1 Å². The fraction of sp³-hybridized carbons (Fsp3) is 0.389. The van der Waals surface area contributed by atoms with Crippen molar-refractivity contribution in [1.82, 2.24) is 15.0 Å². The molecule has 2 rings (SSSR count). The van der Waals surface area contributed by atoms with Gasteiger partial charge in [-0.2, -0.15) is 0 Å². The zero-order valence-corrected chi connectivity index (χ0v) is 15.9. The summed E-state index contributed by atoms with van der Waals surface area (Å²) < 4.78 is 12.4. The molecule has 6 nitrogen and oxygen atoms in total. The van der Waals surface area contributed by atoms with Gasteiger partial charge in [-0.15, -0.1) is 16.9 Å². The Balaban J connectivity index is 2.14. The van der Waals surface area contributed by atoms with E-state index in [1.54, 1.807) is 25.1 Å². The van der Waals surface area contributed by atoms with Gasteiger partial charge >= 0.3 is 0 Å². The van der Waals surface area contributed by atoms with Crippen LogP contribution in [0.15, 0.2) is 40.4 Å². The van der Waals surface area contributed by atoms with E-state index in [1.165, 1.54) is 0 Å². The Kier molecular flexibility index (Phi) is 7.84. The van der Waals surface area contributed by atoms with Crippen LogP contribution >= 0.6 is 11.8 Å². The third-order valence-corrected chi connectivity index (χ3v) is 4.32. The maximum Gasteiger partial charge on any atom is 0.127 e. The number of aliphatic imine (C=N–C) groups is 1. The van der Waals surface area contributed by atoms with Crippen LogP contribution in [0.4, 0.5) is 0 Å². The minimum atomic E-state index is 0.539. The highest BCUT2D eigenvalue weighted by Gasteiger charge is 2.09. The fourth-order valence-electron chi connectivity index (χ4n) is 2.19. The number of methoxy groups -OCH3 is 1. The van der Waals surface area contributed by atoms with Crippen molar-refractivity contribution in [3.8, 4) is 5.69 Å². The summed E-state index contributed by atoms with van der Waals surface area (Å²) in [5.41, 5.74) is 3.74. The van der Waals surface area contributed by atoms with Gasteiger partial charge in [0, 0.05) is 7.11 Å². The molecule has 134 valence electrons. The lowest BCUT2D eigenvalue weighted by Crippen LogP contribution is -2.03. The second-order valence-corrected chi connectivity index (χ2v) is 6.10. The summed E-state index contributed by atoms with van der Waals surface area (Å²) in [5.74, 6) is 0. The van der Waals surface area contributed by atoms with Crippen molar-refractivity contribution in [2.24, 2.45) is 4.99 Å². The number of rotatable bonds is 9. The molecule has 0 aliphatic carbocycles. The van der Waals surface area contributed by atoms with E-state index in [4.69, 9.17) is 9.47 Å². The van der Waals surface area contributed by atoms with Gasteiger partial charge in [0.2, 0.25) is 0 Å². The van der Waals surface area contributed by atoms with Crippen LogP contribution in [0, 0.1) is 6.92 Å². The molecule has 1 heterocycles. The smallest absolute Gasteiger partial charge is 0.127 e. The molecule has 1 aromatic carbocycles. The standard InChI is InChI=1S/C18H24N4O2S/c1-5-18(25-4)19-12-17-14(2)22(21-20-17)16-8-6-7-15(11-16)13-24-10-9-23-3/h5-8,11-12H,9-10,13H2,1-4H3. The zero-order valence-electron chi connectivity index (χ0n) is 15.1. The van der Waals surface area contributed by atoms with Crippen LogP contribution in [0.2, 0.25) is 0 Å². The molecule has 0 unspecified atom stereocenters. The number of thioether (sulfide) groups is 1. The van der Waals surface area contributed by atoms with Crippen LogP contribution in [0.5, 0.6) is 0 Å². The molecule has 0 amide bonds. The summed E-state index contributed by atoms with van der Waals surface area (Å²) in [6, 6.07) is 8.07. The Bertz CT molecular complexity index is 740. The van der Waals surface area contributed by atoms with Gasteiger partial charge in [-0.1, -0.05) is 23.4 Å². The summed E-state index contributed by atoms with van der Waals surface area (Å²) >= 11 is 1.60. The molecule has 25 heavy (non-hydrogen) atoms. The van der Waals surface area contributed by atoms with Gasteiger partial charge < -0.3 is 9.47 Å². The van der Waals surface area contributed by atoms with Gasteiger partial charge in [0.05, 0.1) is 42.4 Å². The van der Waals surface area contributed by atoms with E-state index >= 15 is 0 Å². The fourth-order valence-corrected chi connectivity index (χ4v) is 2.58. The van der Waals surface area contributed by atoms with E-state index in [1.807, 2.05) is 49.1 Å². The lowest BCUT2D eigenvalue weighted by molar-refractivity contribution is 0.0616. The lowest BCUT2D eigenvalue weighted by atomic mass is 10.2. The average Bonchev–Trinajstić information content (AvgIpc) is 3.01. The maximum absolute atomic E-state index is 5.58. The van der Waals surface area contributed by atoms with Crippen molar-refractivity contribution in [1.29, 1.82) is 0 Å². The summed E-state index contributed by atoms with van der Waals surface area (Å²) in [7, 11) is 1.66. The molecule has 0 radical (unpaired) electrons. The first-order valence-corrected chi connectivity index (χ1v) is 9.24. The first-order valence-electron chi connectivity index (χ1n) is 8.02. The Hall–Kier alpha value is -1.96. The molecule has 0 N–H and O–H groups in total. The van der Waals surface area contributed by atoms with E-state index in [-0.39, 0.29) is 0 Å². The molecule has 0 saturated carbocycles. The van der Waals surface area contributed by atoms with Gasteiger partial charge in [-0.25, -0.2) is 9.67 Å². The Morgan fingerprint density at radius 2 is 2.20 bits per heavy atom. The third kappa shape index (κ3) is 5.52. The van der Waals surface area contributed by atoms with E-state index < -0.39 is 0 Å². The van der Waals surface area contributed by atoms with E-state index in [0.29, 0.717) is 19.8 Å². The van der Waals surface area contributed by atoms with Gasteiger partial charge in [0.15, 0.2) is 0 Å². The number of hydrogen-bond acceptors (Lipinski definition) is 6. The van der Waals surface area contributed by atoms with Crippen molar-refractivity contribution in [3.63, 3.8) is 0 Å². The summed E-state index contributed by atoms with van der Waals surface area (Å²) in [6.07, 6.45) is 5.72. The zero-order chi connectivity index (χ0) is 18.1. The van der Waals surface area contributed by atoms with Gasteiger partial charge in [0.1, 0.15) is 5.69 Å². The van der Waals surface area contributed by atoms with Crippen LogP contribution in [0.25, 0.3) is 5.69 Å². The van der Waals surface area contributed by atoms with Crippen LogP contribution < -0.4 is 0 Å². The van der Waals surface area contributed by atoms with Crippen LogP contribution in [0.3, 0.4) is 0 Å². The highest BCUT2D eigenvalue weighted by atomic mass is 32.2. The molecule has 1 aromatic heterocycles.